The molecular formula is C13H8F5NO3. The highest BCUT2D eigenvalue weighted by Crippen LogP contribution is 2.34. The summed E-state index contributed by atoms with van der Waals surface area (Å²) in [6, 6.07) is 2.44. The third-order valence-corrected chi connectivity index (χ3v) is 3.05. The molecule has 1 heterocycles. The lowest BCUT2D eigenvalue weighted by atomic mass is 10.1. The minimum absolute atomic E-state index is 0.225. The number of rotatable bonds is 3. The van der Waals surface area contributed by atoms with Crippen LogP contribution in [-0.4, -0.2) is 22.3 Å². The van der Waals surface area contributed by atoms with E-state index in [1.54, 1.807) is 0 Å². The quantitative estimate of drug-likeness (QED) is 0.698. The van der Waals surface area contributed by atoms with Crippen molar-refractivity contribution in [3.63, 3.8) is 0 Å². The first-order chi connectivity index (χ1) is 10.2. The first-order valence-corrected chi connectivity index (χ1v) is 5.91. The lowest BCUT2D eigenvalue weighted by Gasteiger charge is -2.17. The van der Waals surface area contributed by atoms with Crippen molar-refractivity contribution >= 4 is 16.9 Å². The molecule has 1 aromatic carbocycles. The van der Waals surface area contributed by atoms with Crippen molar-refractivity contribution in [2.75, 3.05) is 6.67 Å². The number of carboxylic acids is 1. The summed E-state index contributed by atoms with van der Waals surface area (Å²) < 4.78 is 65.9. The number of aromatic nitrogens is 1. The lowest BCUT2D eigenvalue weighted by molar-refractivity contribution is -0.136. The number of hydrogen-bond acceptors (Lipinski definition) is 2. The van der Waals surface area contributed by atoms with Crippen LogP contribution in [0.25, 0.3) is 10.9 Å². The van der Waals surface area contributed by atoms with Crippen molar-refractivity contribution < 1.29 is 31.9 Å². The minimum atomic E-state index is -4.92. The van der Waals surface area contributed by atoms with Crippen LogP contribution >= 0.6 is 0 Å². The molecule has 0 radical (unpaired) electrons. The molecule has 0 atom stereocenters. The Balaban J connectivity index is 3.08. The van der Waals surface area contributed by atoms with Crippen molar-refractivity contribution in [2.24, 2.45) is 0 Å². The Bertz CT molecular complexity index is 810. The van der Waals surface area contributed by atoms with Crippen LogP contribution in [0, 0.1) is 5.95 Å². The van der Waals surface area contributed by atoms with Crippen molar-refractivity contribution in [2.45, 2.75) is 12.7 Å². The number of hydrogen-bond donors (Lipinski definition) is 1. The van der Waals surface area contributed by atoms with Gasteiger partial charge in [-0.05, 0) is 12.1 Å². The standard InChI is InChI=1S/C13H8F5NO3/c14-4-5-19-9-6(2-1-3-7(9)13(16,17)18)10(20)8(11(19)15)12(21)22/h1-3H,4-5H2,(H,21,22). The maximum atomic E-state index is 14.1. The monoisotopic (exact) mass is 321 g/mol. The number of halogens is 5. The topological polar surface area (TPSA) is 59.3 Å². The predicted molar refractivity (Wildman–Crippen MR) is 66.1 cm³/mol. The Morgan fingerprint density at radius 3 is 2.41 bits per heavy atom. The summed E-state index contributed by atoms with van der Waals surface area (Å²) in [5.74, 6) is -3.64. The van der Waals surface area contributed by atoms with E-state index in [2.05, 4.69) is 0 Å². The summed E-state index contributed by atoms with van der Waals surface area (Å²) >= 11 is 0. The van der Waals surface area contributed by atoms with E-state index in [4.69, 9.17) is 5.11 Å². The van der Waals surface area contributed by atoms with Crippen LogP contribution in [0.4, 0.5) is 22.0 Å². The molecule has 0 amide bonds. The van der Waals surface area contributed by atoms with E-state index in [1.807, 2.05) is 0 Å². The summed E-state index contributed by atoms with van der Waals surface area (Å²) in [6.07, 6.45) is -4.92. The van der Waals surface area contributed by atoms with Gasteiger partial charge in [0.05, 0.1) is 17.6 Å². The van der Waals surface area contributed by atoms with Crippen LogP contribution in [-0.2, 0) is 12.7 Å². The number of aryl methyl sites for hydroxylation is 1. The number of carboxylic acid groups (broad SMARTS) is 1. The zero-order valence-corrected chi connectivity index (χ0v) is 10.7. The number of carbonyl (C=O) groups is 1. The molecule has 2 aromatic rings. The molecule has 2 rings (SSSR count). The SMILES string of the molecule is O=C(O)c1c(F)n(CCF)c2c(C(F)(F)F)cccc2c1=O. The predicted octanol–water partition coefficient (Wildman–Crippen LogP) is 2.83. The molecule has 9 heteroatoms. The summed E-state index contributed by atoms with van der Waals surface area (Å²) in [6.45, 7) is -2.09. The van der Waals surface area contributed by atoms with Crippen LogP contribution in [0.15, 0.2) is 23.0 Å². The van der Waals surface area contributed by atoms with E-state index in [9.17, 15) is 31.5 Å². The van der Waals surface area contributed by atoms with Gasteiger partial charge in [-0.3, -0.25) is 4.79 Å². The van der Waals surface area contributed by atoms with Gasteiger partial charge in [0.2, 0.25) is 11.4 Å². The van der Waals surface area contributed by atoms with Crippen LogP contribution in [0.5, 0.6) is 0 Å². The number of fused-ring (bicyclic) bond motifs is 1. The van der Waals surface area contributed by atoms with Gasteiger partial charge in [-0.25, -0.2) is 9.18 Å². The molecule has 1 aromatic heterocycles. The number of alkyl halides is 4. The van der Waals surface area contributed by atoms with Gasteiger partial charge in [-0.2, -0.15) is 17.6 Å². The summed E-state index contributed by atoms with van der Waals surface area (Å²) in [4.78, 5) is 22.9. The van der Waals surface area contributed by atoms with Crippen molar-refractivity contribution in [1.82, 2.24) is 4.57 Å². The molecular weight excluding hydrogens is 313 g/mol. The van der Waals surface area contributed by atoms with Gasteiger partial charge in [-0.15, -0.1) is 0 Å². The van der Waals surface area contributed by atoms with Gasteiger partial charge in [0.25, 0.3) is 0 Å². The molecule has 118 valence electrons. The van der Waals surface area contributed by atoms with E-state index in [-0.39, 0.29) is 4.57 Å². The van der Waals surface area contributed by atoms with Crippen LogP contribution in [0.3, 0.4) is 0 Å². The molecule has 0 unspecified atom stereocenters. The largest absolute Gasteiger partial charge is 0.477 e. The molecule has 0 aliphatic carbocycles. The molecule has 22 heavy (non-hydrogen) atoms. The van der Waals surface area contributed by atoms with Crippen LogP contribution in [0.1, 0.15) is 15.9 Å². The van der Waals surface area contributed by atoms with E-state index >= 15 is 0 Å². The van der Waals surface area contributed by atoms with E-state index in [0.29, 0.717) is 6.07 Å². The van der Waals surface area contributed by atoms with E-state index in [1.165, 1.54) is 0 Å². The number of benzene rings is 1. The van der Waals surface area contributed by atoms with Gasteiger partial charge >= 0.3 is 12.1 Å². The average Bonchev–Trinajstić information content (AvgIpc) is 2.41. The van der Waals surface area contributed by atoms with E-state index < -0.39 is 58.8 Å². The second-order valence-corrected chi connectivity index (χ2v) is 4.34. The third-order valence-electron chi connectivity index (χ3n) is 3.05. The molecule has 0 saturated heterocycles. The van der Waals surface area contributed by atoms with Crippen molar-refractivity contribution in [1.29, 1.82) is 0 Å². The maximum Gasteiger partial charge on any atom is 0.418 e. The first kappa shape index (κ1) is 15.9. The lowest BCUT2D eigenvalue weighted by Crippen LogP contribution is -2.25. The Morgan fingerprint density at radius 2 is 1.91 bits per heavy atom. The molecule has 0 aliphatic heterocycles. The summed E-state index contributed by atoms with van der Waals surface area (Å²) in [7, 11) is 0. The van der Waals surface area contributed by atoms with Gasteiger partial charge in [0.1, 0.15) is 6.67 Å². The molecule has 0 aliphatic rings. The average molecular weight is 321 g/mol. The normalized spacial score (nSPS) is 11.9. The van der Waals surface area contributed by atoms with Gasteiger partial charge < -0.3 is 9.67 Å². The molecule has 0 spiro atoms. The summed E-state index contributed by atoms with van der Waals surface area (Å²) in [5.41, 5.74) is -4.92. The number of aromatic carboxylic acids is 1. The zero-order valence-electron chi connectivity index (χ0n) is 10.7. The van der Waals surface area contributed by atoms with Gasteiger partial charge in [0.15, 0.2) is 5.56 Å². The Hall–Kier alpha value is -2.45. The molecule has 4 nitrogen and oxygen atoms in total. The van der Waals surface area contributed by atoms with Gasteiger partial charge in [-0.1, -0.05) is 6.07 Å². The summed E-state index contributed by atoms with van der Waals surface area (Å²) in [5, 5.41) is 8.22. The first-order valence-electron chi connectivity index (χ1n) is 5.91. The fourth-order valence-corrected chi connectivity index (χ4v) is 2.19. The Kier molecular flexibility index (Phi) is 3.90. The smallest absolute Gasteiger partial charge is 0.418 e. The fraction of sp³-hybridized carbons (Fsp3) is 0.231. The zero-order chi connectivity index (χ0) is 16.7. The highest BCUT2D eigenvalue weighted by molar-refractivity contribution is 5.93. The maximum absolute atomic E-state index is 14.1. The van der Waals surface area contributed by atoms with Gasteiger partial charge in [0, 0.05) is 5.39 Å². The van der Waals surface area contributed by atoms with Crippen molar-refractivity contribution in [3.05, 3.63) is 45.5 Å². The molecule has 0 fully saturated rings. The second kappa shape index (κ2) is 5.39. The van der Waals surface area contributed by atoms with Crippen LogP contribution in [0.2, 0.25) is 0 Å². The highest BCUT2D eigenvalue weighted by atomic mass is 19.4. The number of nitrogens with zero attached hydrogens (tertiary/aromatic N) is 1. The minimum Gasteiger partial charge on any atom is -0.477 e. The van der Waals surface area contributed by atoms with E-state index in [0.717, 1.165) is 12.1 Å². The molecule has 0 saturated carbocycles. The Morgan fingerprint density at radius 1 is 1.27 bits per heavy atom. The number of pyridine rings is 1. The van der Waals surface area contributed by atoms with Crippen molar-refractivity contribution in [3.8, 4) is 0 Å². The highest BCUT2D eigenvalue weighted by Gasteiger charge is 2.35. The fourth-order valence-electron chi connectivity index (χ4n) is 2.19. The number of para-hydroxylation sites is 1. The molecule has 0 bridgehead atoms. The second-order valence-electron chi connectivity index (χ2n) is 4.34. The Labute approximate surface area is 119 Å². The van der Waals surface area contributed by atoms with Crippen LogP contribution < -0.4 is 5.43 Å². The molecule has 1 N–H and O–H groups in total. The third kappa shape index (κ3) is 2.42.